The predicted octanol–water partition coefficient (Wildman–Crippen LogP) is 5.87. The van der Waals surface area contributed by atoms with Gasteiger partial charge in [-0.15, -0.1) is 0 Å². The molecule has 5 atom stereocenters. The summed E-state index contributed by atoms with van der Waals surface area (Å²) in [7, 11) is 0. The van der Waals surface area contributed by atoms with E-state index in [4.69, 9.17) is 14.2 Å². The molecule has 2 aromatic carbocycles. The van der Waals surface area contributed by atoms with Crippen LogP contribution in [0.3, 0.4) is 0 Å². The number of rotatable bonds is 7. The molecule has 1 aliphatic heterocycles. The lowest BCUT2D eigenvalue weighted by Gasteiger charge is -2.49. The fraction of sp³-hybridized carbons (Fsp3) is 0.538. The third kappa shape index (κ3) is 5.91. The Morgan fingerprint density at radius 3 is 1.90 bits per heavy atom. The van der Waals surface area contributed by atoms with Crippen LogP contribution < -0.4 is 0 Å². The maximum atomic E-state index is 6.59. The predicted molar refractivity (Wildman–Crippen MR) is 118 cm³/mol. The summed E-state index contributed by atoms with van der Waals surface area (Å²) >= 11 is 0. The molecule has 1 heterocycles. The van der Waals surface area contributed by atoms with Gasteiger partial charge in [-0.05, 0) is 16.5 Å². The summed E-state index contributed by atoms with van der Waals surface area (Å²) in [6, 6.07) is 20.7. The Morgan fingerprint density at radius 1 is 0.793 bits per heavy atom. The molecule has 5 unspecified atom stereocenters. The molecular weight excluding hydrogens is 360 g/mol. The van der Waals surface area contributed by atoms with Gasteiger partial charge in [0, 0.05) is 11.8 Å². The second kappa shape index (κ2) is 9.88. The summed E-state index contributed by atoms with van der Waals surface area (Å²) in [4.78, 5) is 0. The molecule has 1 fully saturated rings. The summed E-state index contributed by atoms with van der Waals surface area (Å²) in [5.41, 5.74) is 2.45. The van der Waals surface area contributed by atoms with Crippen molar-refractivity contribution in [2.45, 2.75) is 66.1 Å². The summed E-state index contributed by atoms with van der Waals surface area (Å²) in [6.45, 7) is 13.1. The zero-order valence-electron chi connectivity index (χ0n) is 18.5. The number of hydrogen-bond donors (Lipinski definition) is 0. The average Bonchev–Trinajstić information content (AvgIpc) is 2.70. The molecule has 29 heavy (non-hydrogen) atoms. The molecule has 0 spiro atoms. The van der Waals surface area contributed by atoms with E-state index in [0.717, 1.165) is 0 Å². The maximum Gasteiger partial charge on any atom is 0.0863 e. The minimum absolute atomic E-state index is 0.0277. The van der Waals surface area contributed by atoms with Gasteiger partial charge in [-0.1, -0.05) is 95.3 Å². The topological polar surface area (TPSA) is 27.7 Å². The number of hydrogen-bond acceptors (Lipinski definition) is 3. The summed E-state index contributed by atoms with van der Waals surface area (Å²) in [5, 5.41) is 0. The first-order chi connectivity index (χ1) is 13.9. The first kappa shape index (κ1) is 22.0. The van der Waals surface area contributed by atoms with Crippen LogP contribution in [0.25, 0.3) is 0 Å². The molecule has 0 radical (unpaired) electrons. The van der Waals surface area contributed by atoms with Crippen LogP contribution in [0, 0.1) is 17.3 Å². The molecule has 1 aliphatic rings. The fourth-order valence-corrected chi connectivity index (χ4v) is 4.42. The summed E-state index contributed by atoms with van der Waals surface area (Å²) in [5.74, 6) is 0.585. The van der Waals surface area contributed by atoms with Crippen molar-refractivity contribution in [2.24, 2.45) is 17.3 Å². The standard InChI is InChI=1S/C26H36O3/c1-19-23(18-27-16-21-12-8-6-9-13-21)29-25(26(3,4)5)20(2)24(19)28-17-22-14-10-7-11-15-22/h6-15,19-20,23-25H,16-18H2,1-5H3. The van der Waals surface area contributed by atoms with E-state index in [1.54, 1.807) is 0 Å². The molecule has 3 heteroatoms. The first-order valence-corrected chi connectivity index (χ1v) is 10.8. The van der Waals surface area contributed by atoms with E-state index in [-0.39, 0.29) is 29.6 Å². The Labute approximate surface area is 176 Å². The monoisotopic (exact) mass is 396 g/mol. The Bertz CT molecular complexity index is 723. The zero-order valence-corrected chi connectivity index (χ0v) is 18.5. The van der Waals surface area contributed by atoms with Crippen LogP contribution in [0.4, 0.5) is 0 Å². The van der Waals surface area contributed by atoms with Crippen LogP contribution in [0.2, 0.25) is 0 Å². The smallest absolute Gasteiger partial charge is 0.0863 e. The van der Waals surface area contributed by atoms with Gasteiger partial charge in [-0.2, -0.15) is 0 Å². The highest BCUT2D eigenvalue weighted by Gasteiger charge is 2.46. The second-order valence-corrected chi connectivity index (χ2v) is 9.44. The molecule has 3 rings (SSSR count). The molecular formula is C26H36O3. The van der Waals surface area contributed by atoms with E-state index < -0.39 is 0 Å². The van der Waals surface area contributed by atoms with Crippen molar-refractivity contribution < 1.29 is 14.2 Å². The first-order valence-electron chi connectivity index (χ1n) is 10.8. The van der Waals surface area contributed by atoms with Crippen molar-refractivity contribution >= 4 is 0 Å². The molecule has 158 valence electrons. The molecule has 0 saturated carbocycles. The van der Waals surface area contributed by atoms with Gasteiger partial charge >= 0.3 is 0 Å². The summed E-state index contributed by atoms with van der Waals surface area (Å²) < 4.78 is 19.1. The minimum atomic E-state index is 0.0277. The number of ether oxygens (including phenoxy) is 3. The van der Waals surface area contributed by atoms with E-state index >= 15 is 0 Å². The van der Waals surface area contributed by atoms with E-state index in [0.29, 0.717) is 25.7 Å². The highest BCUT2D eigenvalue weighted by atomic mass is 16.6. The molecule has 3 nitrogen and oxygen atoms in total. The largest absolute Gasteiger partial charge is 0.374 e. The molecule has 0 bridgehead atoms. The lowest BCUT2D eigenvalue weighted by molar-refractivity contribution is -0.222. The van der Waals surface area contributed by atoms with Crippen LogP contribution >= 0.6 is 0 Å². The van der Waals surface area contributed by atoms with Gasteiger partial charge in [0.05, 0.1) is 38.1 Å². The van der Waals surface area contributed by atoms with E-state index in [1.165, 1.54) is 11.1 Å². The van der Waals surface area contributed by atoms with Gasteiger partial charge in [0.25, 0.3) is 0 Å². The summed E-state index contributed by atoms with van der Waals surface area (Å²) in [6.07, 6.45) is 0.295. The molecule has 0 aliphatic carbocycles. The molecule has 2 aromatic rings. The van der Waals surface area contributed by atoms with Gasteiger partial charge < -0.3 is 14.2 Å². The van der Waals surface area contributed by atoms with Crippen LogP contribution in [-0.2, 0) is 27.4 Å². The van der Waals surface area contributed by atoms with E-state index in [1.807, 2.05) is 24.3 Å². The van der Waals surface area contributed by atoms with Crippen molar-refractivity contribution in [3.8, 4) is 0 Å². The Kier molecular flexibility index (Phi) is 7.50. The Hall–Kier alpha value is -1.68. The zero-order chi connectivity index (χ0) is 20.9. The molecule has 0 amide bonds. The van der Waals surface area contributed by atoms with Gasteiger partial charge in [0.1, 0.15) is 0 Å². The van der Waals surface area contributed by atoms with Gasteiger partial charge in [-0.3, -0.25) is 0 Å². The highest BCUT2D eigenvalue weighted by molar-refractivity contribution is 5.14. The van der Waals surface area contributed by atoms with Crippen LogP contribution in [0.5, 0.6) is 0 Å². The van der Waals surface area contributed by atoms with Crippen molar-refractivity contribution in [1.29, 1.82) is 0 Å². The molecule has 0 N–H and O–H groups in total. The molecule has 1 saturated heterocycles. The van der Waals surface area contributed by atoms with E-state index in [9.17, 15) is 0 Å². The van der Waals surface area contributed by atoms with Crippen LogP contribution in [0.15, 0.2) is 60.7 Å². The highest BCUT2D eigenvalue weighted by Crippen LogP contribution is 2.40. The van der Waals surface area contributed by atoms with Crippen molar-refractivity contribution in [3.05, 3.63) is 71.8 Å². The fourth-order valence-electron chi connectivity index (χ4n) is 4.42. The van der Waals surface area contributed by atoms with Crippen molar-refractivity contribution in [3.63, 3.8) is 0 Å². The Morgan fingerprint density at radius 2 is 1.34 bits per heavy atom. The van der Waals surface area contributed by atoms with Crippen molar-refractivity contribution in [2.75, 3.05) is 6.61 Å². The van der Waals surface area contributed by atoms with Crippen LogP contribution in [-0.4, -0.2) is 24.9 Å². The average molecular weight is 397 g/mol. The Balaban J connectivity index is 1.66. The van der Waals surface area contributed by atoms with Crippen LogP contribution in [0.1, 0.15) is 45.7 Å². The quantitative estimate of drug-likeness (QED) is 0.585. The van der Waals surface area contributed by atoms with Gasteiger partial charge in [0.2, 0.25) is 0 Å². The van der Waals surface area contributed by atoms with Gasteiger partial charge in [-0.25, -0.2) is 0 Å². The SMILES string of the molecule is CC1C(COCc2ccccc2)OC(C(C)(C)C)C(C)C1OCc1ccccc1. The third-order valence-electron chi connectivity index (χ3n) is 5.95. The molecule has 0 aromatic heterocycles. The van der Waals surface area contributed by atoms with Gasteiger partial charge in [0.15, 0.2) is 0 Å². The second-order valence-electron chi connectivity index (χ2n) is 9.44. The van der Waals surface area contributed by atoms with Crippen molar-refractivity contribution in [1.82, 2.24) is 0 Å². The lowest BCUT2D eigenvalue weighted by Crippen LogP contribution is -2.55. The number of benzene rings is 2. The minimum Gasteiger partial charge on any atom is -0.374 e. The normalized spacial score (nSPS) is 27.7. The van der Waals surface area contributed by atoms with E-state index in [2.05, 4.69) is 71.0 Å². The maximum absolute atomic E-state index is 6.59. The lowest BCUT2D eigenvalue weighted by atomic mass is 9.73. The third-order valence-corrected chi connectivity index (χ3v) is 5.95.